The molecule has 1 aromatic carbocycles. The van der Waals surface area contributed by atoms with Crippen LogP contribution in [0.4, 0.5) is 0 Å². The Labute approximate surface area is 110 Å². The fourth-order valence-corrected chi connectivity index (χ4v) is 3.03. The number of nitrogens with one attached hydrogen (secondary N) is 1. The number of benzene rings is 1. The van der Waals surface area contributed by atoms with Gasteiger partial charge < -0.3 is 10.1 Å². The van der Waals surface area contributed by atoms with Gasteiger partial charge in [-0.15, -0.1) is 0 Å². The third-order valence-corrected chi connectivity index (χ3v) is 3.67. The second-order valence-corrected chi connectivity index (χ2v) is 5.37. The van der Waals surface area contributed by atoms with Gasteiger partial charge in [0.2, 0.25) is 0 Å². The van der Waals surface area contributed by atoms with Gasteiger partial charge in [0.05, 0.1) is 13.0 Å². The number of carbonyl (C=O) groups excluding carboxylic acids is 1. The molecule has 0 bridgehead atoms. The van der Waals surface area contributed by atoms with Crippen molar-refractivity contribution >= 4 is 21.9 Å². The number of ether oxygens (including phenoxy) is 1. The van der Waals surface area contributed by atoms with Gasteiger partial charge in [0.25, 0.3) is 0 Å². The van der Waals surface area contributed by atoms with Crippen molar-refractivity contribution in [3.05, 3.63) is 33.8 Å². The van der Waals surface area contributed by atoms with E-state index in [4.69, 9.17) is 4.74 Å². The van der Waals surface area contributed by atoms with Crippen LogP contribution in [-0.2, 0) is 9.53 Å². The summed E-state index contributed by atoms with van der Waals surface area (Å²) in [6.45, 7) is 3.59. The average molecular weight is 298 g/mol. The maximum atomic E-state index is 11.7. The Balaban J connectivity index is 2.28. The van der Waals surface area contributed by atoms with Crippen LogP contribution in [0.5, 0.6) is 0 Å². The summed E-state index contributed by atoms with van der Waals surface area (Å²) < 4.78 is 5.91. The third kappa shape index (κ3) is 2.69. The highest BCUT2D eigenvalue weighted by Crippen LogP contribution is 2.31. The zero-order chi connectivity index (χ0) is 12.4. The lowest BCUT2D eigenvalue weighted by molar-refractivity contribution is -0.145. The van der Waals surface area contributed by atoms with E-state index in [-0.39, 0.29) is 17.8 Å². The molecule has 2 atom stereocenters. The Morgan fingerprint density at radius 1 is 1.41 bits per heavy atom. The highest BCUT2D eigenvalue weighted by Gasteiger charge is 2.34. The van der Waals surface area contributed by atoms with E-state index in [9.17, 15) is 4.79 Å². The summed E-state index contributed by atoms with van der Waals surface area (Å²) in [7, 11) is 1.45. The Kier molecular flexibility index (Phi) is 3.84. The van der Waals surface area contributed by atoms with Crippen LogP contribution in [0.15, 0.2) is 22.7 Å². The van der Waals surface area contributed by atoms with Crippen molar-refractivity contribution in [1.29, 1.82) is 0 Å². The molecule has 1 saturated heterocycles. The van der Waals surface area contributed by atoms with Gasteiger partial charge in [0, 0.05) is 23.5 Å². The minimum absolute atomic E-state index is 0.0753. The second kappa shape index (κ2) is 5.19. The highest BCUT2D eigenvalue weighted by atomic mass is 79.9. The highest BCUT2D eigenvalue weighted by molar-refractivity contribution is 9.10. The van der Waals surface area contributed by atoms with Gasteiger partial charge in [-0.05, 0) is 30.2 Å². The fourth-order valence-electron chi connectivity index (χ4n) is 2.41. The van der Waals surface area contributed by atoms with Crippen molar-refractivity contribution < 1.29 is 9.53 Å². The summed E-state index contributed by atoms with van der Waals surface area (Å²) in [5.41, 5.74) is 2.39. The van der Waals surface area contributed by atoms with Crippen molar-refractivity contribution in [2.75, 3.05) is 20.2 Å². The van der Waals surface area contributed by atoms with E-state index in [2.05, 4.69) is 46.4 Å². The van der Waals surface area contributed by atoms with Crippen molar-refractivity contribution in [3.63, 3.8) is 0 Å². The number of halogens is 1. The molecule has 1 fully saturated rings. The van der Waals surface area contributed by atoms with Gasteiger partial charge in [0.15, 0.2) is 0 Å². The number of rotatable bonds is 2. The molecule has 0 radical (unpaired) electrons. The van der Waals surface area contributed by atoms with E-state index in [1.165, 1.54) is 18.2 Å². The van der Waals surface area contributed by atoms with Gasteiger partial charge >= 0.3 is 5.97 Å². The van der Waals surface area contributed by atoms with Crippen LogP contribution in [0, 0.1) is 12.8 Å². The SMILES string of the molecule is COC(=O)[C@@H]1CNC[C@H]1c1cc(C)cc(Br)c1. The zero-order valence-electron chi connectivity index (χ0n) is 10.00. The molecule has 0 saturated carbocycles. The molecule has 92 valence electrons. The molecule has 3 nitrogen and oxygen atoms in total. The number of aryl methyl sites for hydroxylation is 1. The fraction of sp³-hybridized carbons (Fsp3) is 0.462. The molecular weight excluding hydrogens is 282 g/mol. The summed E-state index contributed by atoms with van der Waals surface area (Å²) in [5, 5.41) is 3.26. The molecule has 0 spiro atoms. The van der Waals surface area contributed by atoms with Gasteiger partial charge in [-0.2, -0.15) is 0 Å². The number of hydrogen-bond acceptors (Lipinski definition) is 3. The van der Waals surface area contributed by atoms with E-state index in [1.54, 1.807) is 0 Å². The van der Waals surface area contributed by atoms with Gasteiger partial charge in [-0.25, -0.2) is 0 Å². The first-order valence-corrected chi connectivity index (χ1v) is 6.46. The maximum Gasteiger partial charge on any atom is 0.310 e. The quantitative estimate of drug-likeness (QED) is 0.851. The predicted molar refractivity (Wildman–Crippen MR) is 70.0 cm³/mol. The predicted octanol–water partition coefficient (Wildman–Crippen LogP) is 2.23. The number of esters is 1. The van der Waals surface area contributed by atoms with Crippen LogP contribution in [0.2, 0.25) is 0 Å². The second-order valence-electron chi connectivity index (χ2n) is 4.46. The minimum atomic E-state index is -0.127. The van der Waals surface area contributed by atoms with Crippen molar-refractivity contribution in [2.45, 2.75) is 12.8 Å². The summed E-state index contributed by atoms with van der Waals surface area (Å²) in [6, 6.07) is 6.29. The summed E-state index contributed by atoms with van der Waals surface area (Å²) in [4.78, 5) is 11.7. The first-order valence-electron chi connectivity index (χ1n) is 5.67. The molecule has 0 aliphatic carbocycles. The van der Waals surface area contributed by atoms with E-state index < -0.39 is 0 Å². The number of carbonyl (C=O) groups is 1. The Hall–Kier alpha value is -0.870. The Morgan fingerprint density at radius 2 is 2.18 bits per heavy atom. The standard InChI is InChI=1S/C13H16BrNO2/c1-8-3-9(5-10(14)4-8)11-6-15-7-12(11)13(16)17-2/h3-5,11-12,15H,6-7H2,1-2H3/t11-,12+/m0/s1. The van der Waals surface area contributed by atoms with Gasteiger partial charge in [-0.3, -0.25) is 4.79 Å². The zero-order valence-corrected chi connectivity index (χ0v) is 11.6. The third-order valence-electron chi connectivity index (χ3n) is 3.21. The normalized spacial score (nSPS) is 23.7. The molecule has 4 heteroatoms. The van der Waals surface area contributed by atoms with Crippen molar-refractivity contribution in [2.24, 2.45) is 5.92 Å². The van der Waals surface area contributed by atoms with E-state index in [1.807, 2.05) is 0 Å². The lowest BCUT2D eigenvalue weighted by Crippen LogP contribution is -2.23. The minimum Gasteiger partial charge on any atom is -0.469 e. The maximum absolute atomic E-state index is 11.7. The van der Waals surface area contributed by atoms with Crippen LogP contribution in [0.1, 0.15) is 17.0 Å². The first-order chi connectivity index (χ1) is 8.11. The molecule has 1 aliphatic heterocycles. The van der Waals surface area contributed by atoms with Crippen LogP contribution in [-0.4, -0.2) is 26.2 Å². The topological polar surface area (TPSA) is 38.3 Å². The lowest BCUT2D eigenvalue weighted by atomic mass is 9.88. The van der Waals surface area contributed by atoms with Gasteiger partial charge in [0.1, 0.15) is 0 Å². The largest absolute Gasteiger partial charge is 0.469 e. The average Bonchev–Trinajstić information content (AvgIpc) is 2.75. The molecule has 1 aliphatic rings. The van der Waals surface area contributed by atoms with Crippen LogP contribution in [0.25, 0.3) is 0 Å². The monoisotopic (exact) mass is 297 g/mol. The Bertz CT molecular complexity index is 413. The molecule has 0 unspecified atom stereocenters. The lowest BCUT2D eigenvalue weighted by Gasteiger charge is -2.17. The summed E-state index contributed by atoms with van der Waals surface area (Å²) in [6.07, 6.45) is 0. The first kappa shape index (κ1) is 12.6. The van der Waals surface area contributed by atoms with Crippen LogP contribution in [0.3, 0.4) is 0 Å². The van der Waals surface area contributed by atoms with Gasteiger partial charge in [-0.1, -0.05) is 22.0 Å². The van der Waals surface area contributed by atoms with Crippen molar-refractivity contribution in [1.82, 2.24) is 5.32 Å². The molecule has 1 heterocycles. The smallest absolute Gasteiger partial charge is 0.310 e. The number of methoxy groups -OCH3 is 1. The van der Waals surface area contributed by atoms with Crippen LogP contribution < -0.4 is 5.32 Å². The molecule has 1 aromatic rings. The van der Waals surface area contributed by atoms with E-state index in [0.717, 1.165) is 11.0 Å². The molecule has 2 rings (SSSR count). The molecular formula is C13H16BrNO2. The summed E-state index contributed by atoms with van der Waals surface area (Å²) in [5.74, 6) is 0.00461. The Morgan fingerprint density at radius 3 is 2.82 bits per heavy atom. The van der Waals surface area contributed by atoms with Crippen LogP contribution >= 0.6 is 15.9 Å². The molecule has 1 N–H and O–H groups in total. The summed E-state index contributed by atoms with van der Waals surface area (Å²) >= 11 is 3.50. The van der Waals surface area contributed by atoms with E-state index in [0.29, 0.717) is 6.54 Å². The molecule has 0 aromatic heterocycles. The number of hydrogen-bond donors (Lipinski definition) is 1. The molecule has 0 amide bonds. The van der Waals surface area contributed by atoms with E-state index >= 15 is 0 Å². The van der Waals surface area contributed by atoms with Crippen molar-refractivity contribution in [3.8, 4) is 0 Å². The molecule has 17 heavy (non-hydrogen) atoms.